The van der Waals surface area contributed by atoms with Gasteiger partial charge in [0, 0.05) is 23.9 Å². The van der Waals surface area contributed by atoms with Gasteiger partial charge in [-0.05, 0) is 50.7 Å². The van der Waals surface area contributed by atoms with Crippen LogP contribution in [0.2, 0.25) is 5.02 Å². The number of amides is 1. The van der Waals surface area contributed by atoms with E-state index in [4.69, 9.17) is 21.1 Å². The summed E-state index contributed by atoms with van der Waals surface area (Å²) in [6.07, 6.45) is 1.94. The van der Waals surface area contributed by atoms with Crippen LogP contribution in [0.3, 0.4) is 0 Å². The molecule has 1 aromatic rings. The molecule has 3 aliphatic heterocycles. The summed E-state index contributed by atoms with van der Waals surface area (Å²) in [7, 11) is 0. The number of carbonyl (C=O) groups excluding carboxylic acids is 2. The fourth-order valence-corrected chi connectivity index (χ4v) is 5.36. The van der Waals surface area contributed by atoms with Gasteiger partial charge in [-0.2, -0.15) is 0 Å². The fourth-order valence-electron chi connectivity index (χ4n) is 4.16. The van der Waals surface area contributed by atoms with Crippen molar-refractivity contribution in [2.24, 2.45) is 4.99 Å². The molecular formula is C24H28ClN3O4S. The van der Waals surface area contributed by atoms with Crippen LogP contribution in [-0.2, 0) is 19.1 Å². The first-order valence-electron chi connectivity index (χ1n) is 11.1. The zero-order valence-electron chi connectivity index (χ0n) is 19.0. The predicted octanol–water partition coefficient (Wildman–Crippen LogP) is 4.55. The minimum absolute atomic E-state index is 0.0758. The minimum atomic E-state index is -0.537. The molecule has 1 aromatic carbocycles. The van der Waals surface area contributed by atoms with E-state index in [1.807, 2.05) is 42.4 Å². The van der Waals surface area contributed by atoms with Crippen LogP contribution >= 0.6 is 23.4 Å². The molecule has 0 spiro atoms. The third-order valence-electron chi connectivity index (χ3n) is 5.66. The van der Waals surface area contributed by atoms with Gasteiger partial charge in [0.05, 0.1) is 35.9 Å². The maximum atomic E-state index is 13.1. The number of benzene rings is 1. The second kappa shape index (κ2) is 10.3. The van der Waals surface area contributed by atoms with Crippen molar-refractivity contribution in [3.63, 3.8) is 0 Å². The highest BCUT2D eigenvalue weighted by molar-refractivity contribution is 8.16. The zero-order valence-corrected chi connectivity index (χ0v) is 20.5. The molecule has 2 atom stereocenters. The van der Waals surface area contributed by atoms with Gasteiger partial charge < -0.3 is 19.7 Å². The largest absolute Gasteiger partial charge is 0.459 e. The highest BCUT2D eigenvalue weighted by atomic mass is 35.5. The van der Waals surface area contributed by atoms with Gasteiger partial charge in [-0.25, -0.2) is 9.79 Å². The maximum Gasteiger partial charge on any atom is 0.338 e. The number of nitrogens with zero attached hydrogens (tertiary/aromatic N) is 2. The summed E-state index contributed by atoms with van der Waals surface area (Å²) in [5.74, 6) is -0.539. The summed E-state index contributed by atoms with van der Waals surface area (Å²) in [5, 5.41) is 6.13. The number of allylic oxidation sites excluding steroid dienone is 1. The normalized spacial score (nSPS) is 22.3. The molecule has 3 heterocycles. The van der Waals surface area contributed by atoms with E-state index in [-0.39, 0.29) is 24.5 Å². The Labute approximate surface area is 203 Å². The molecule has 0 unspecified atom stereocenters. The summed E-state index contributed by atoms with van der Waals surface area (Å²) < 4.78 is 11.2. The molecule has 0 aromatic heterocycles. The van der Waals surface area contributed by atoms with Gasteiger partial charge in [-0.1, -0.05) is 41.6 Å². The first-order valence-corrected chi connectivity index (χ1v) is 12.4. The zero-order chi connectivity index (χ0) is 23.5. The standard InChI is InChI=1S/C24H28ClN3O4S/c1-14(2)32-23(30)21-15(3)27-24-28(22(21)18-8-4-5-9-19(18)25)16(13-33-24)11-20(29)26-12-17-7-6-10-31-17/h4-5,8-9,13-14,17,22H,6-7,10-12H2,1-3H3,(H,26,29)/t17-,22-/m0/s1. The van der Waals surface area contributed by atoms with Crippen molar-refractivity contribution in [3.8, 4) is 0 Å². The van der Waals surface area contributed by atoms with Crippen molar-refractivity contribution < 1.29 is 19.1 Å². The van der Waals surface area contributed by atoms with E-state index in [1.165, 1.54) is 11.8 Å². The number of nitrogens with one attached hydrogen (secondary N) is 1. The maximum absolute atomic E-state index is 13.1. The molecule has 0 radical (unpaired) electrons. The molecule has 33 heavy (non-hydrogen) atoms. The Kier molecular flexibility index (Phi) is 7.46. The van der Waals surface area contributed by atoms with Crippen LogP contribution in [0.15, 0.2) is 51.6 Å². The van der Waals surface area contributed by atoms with Crippen LogP contribution in [0, 0.1) is 0 Å². The number of esters is 1. The topological polar surface area (TPSA) is 80.2 Å². The molecule has 1 amide bonds. The number of thioether (sulfide) groups is 1. The van der Waals surface area contributed by atoms with Gasteiger partial charge in [-0.15, -0.1) is 0 Å². The highest BCUT2D eigenvalue weighted by Gasteiger charge is 2.42. The van der Waals surface area contributed by atoms with Gasteiger partial charge in [0.15, 0.2) is 5.17 Å². The van der Waals surface area contributed by atoms with E-state index in [0.29, 0.717) is 28.0 Å². The van der Waals surface area contributed by atoms with E-state index >= 15 is 0 Å². The average molecular weight is 490 g/mol. The number of amidine groups is 1. The van der Waals surface area contributed by atoms with E-state index in [9.17, 15) is 9.59 Å². The van der Waals surface area contributed by atoms with E-state index in [0.717, 1.165) is 30.7 Å². The van der Waals surface area contributed by atoms with Crippen LogP contribution in [0.25, 0.3) is 0 Å². The first kappa shape index (κ1) is 23.9. The lowest BCUT2D eigenvalue weighted by atomic mass is 9.93. The number of rotatable bonds is 7. The Morgan fingerprint density at radius 3 is 2.85 bits per heavy atom. The Bertz CT molecular complexity index is 1030. The average Bonchev–Trinajstić information content (AvgIpc) is 3.41. The molecule has 3 aliphatic rings. The van der Waals surface area contributed by atoms with Gasteiger partial charge in [0.1, 0.15) is 0 Å². The van der Waals surface area contributed by atoms with Crippen molar-refractivity contribution in [2.45, 2.75) is 58.3 Å². The summed E-state index contributed by atoms with van der Waals surface area (Å²) in [5.41, 5.74) is 2.53. The molecule has 0 saturated carbocycles. The van der Waals surface area contributed by atoms with Crippen molar-refractivity contribution in [1.82, 2.24) is 10.2 Å². The Morgan fingerprint density at radius 2 is 2.15 bits per heavy atom. The quantitative estimate of drug-likeness (QED) is 0.566. The van der Waals surface area contributed by atoms with Crippen molar-refractivity contribution in [2.75, 3.05) is 13.2 Å². The number of ether oxygens (including phenoxy) is 2. The molecule has 9 heteroatoms. The second-order valence-electron chi connectivity index (χ2n) is 8.48. The lowest BCUT2D eigenvalue weighted by molar-refractivity contribution is -0.143. The Hall–Kier alpha value is -2.29. The lowest BCUT2D eigenvalue weighted by Crippen LogP contribution is -2.39. The molecule has 1 fully saturated rings. The van der Waals surface area contributed by atoms with E-state index in [1.54, 1.807) is 13.0 Å². The minimum Gasteiger partial charge on any atom is -0.459 e. The van der Waals surface area contributed by atoms with Crippen molar-refractivity contribution in [1.29, 1.82) is 0 Å². The molecule has 7 nitrogen and oxygen atoms in total. The van der Waals surface area contributed by atoms with Gasteiger partial charge >= 0.3 is 5.97 Å². The molecule has 0 bridgehead atoms. The number of aliphatic imine (C=N–C) groups is 1. The number of carbonyl (C=O) groups is 2. The Balaban J connectivity index is 1.62. The summed E-state index contributed by atoms with van der Waals surface area (Å²) in [4.78, 5) is 32.5. The Morgan fingerprint density at radius 1 is 1.36 bits per heavy atom. The van der Waals surface area contributed by atoms with Gasteiger partial charge in [0.25, 0.3) is 0 Å². The monoisotopic (exact) mass is 489 g/mol. The molecule has 1 saturated heterocycles. The van der Waals surface area contributed by atoms with Crippen LogP contribution in [0.5, 0.6) is 0 Å². The van der Waals surface area contributed by atoms with Crippen LogP contribution in [0.1, 0.15) is 51.6 Å². The number of hydrogen-bond acceptors (Lipinski definition) is 7. The van der Waals surface area contributed by atoms with E-state index in [2.05, 4.69) is 10.3 Å². The third-order valence-corrected chi connectivity index (χ3v) is 6.89. The van der Waals surface area contributed by atoms with Gasteiger partial charge in [-0.3, -0.25) is 4.79 Å². The number of hydrogen-bond donors (Lipinski definition) is 1. The first-order chi connectivity index (χ1) is 15.8. The molecular weight excluding hydrogens is 462 g/mol. The number of halogens is 1. The lowest BCUT2D eigenvalue weighted by Gasteiger charge is -2.36. The van der Waals surface area contributed by atoms with Crippen molar-refractivity contribution in [3.05, 3.63) is 57.2 Å². The highest BCUT2D eigenvalue weighted by Crippen LogP contribution is 2.46. The van der Waals surface area contributed by atoms with E-state index < -0.39 is 12.0 Å². The second-order valence-corrected chi connectivity index (χ2v) is 9.73. The van der Waals surface area contributed by atoms with Crippen LogP contribution < -0.4 is 5.32 Å². The number of fused-ring (bicyclic) bond motifs is 1. The smallest absolute Gasteiger partial charge is 0.338 e. The van der Waals surface area contributed by atoms with Crippen molar-refractivity contribution >= 4 is 40.4 Å². The van der Waals surface area contributed by atoms with Gasteiger partial charge in [0.2, 0.25) is 5.91 Å². The SMILES string of the molecule is CC1=C(C(=O)OC(C)C)[C@H](c2ccccc2Cl)N2C(CC(=O)NC[C@@H]3CCCO3)=CSC2=N1. The summed E-state index contributed by atoms with van der Waals surface area (Å²) in [6, 6.07) is 6.88. The molecule has 4 rings (SSSR count). The molecule has 1 N–H and O–H groups in total. The third kappa shape index (κ3) is 5.28. The summed E-state index contributed by atoms with van der Waals surface area (Å²) >= 11 is 8.02. The molecule has 0 aliphatic carbocycles. The summed E-state index contributed by atoms with van der Waals surface area (Å²) in [6.45, 7) is 6.67. The fraction of sp³-hybridized carbons (Fsp3) is 0.458. The van der Waals surface area contributed by atoms with Crippen LogP contribution in [-0.4, -0.2) is 47.3 Å². The molecule has 176 valence electrons. The van der Waals surface area contributed by atoms with Crippen LogP contribution in [0.4, 0.5) is 0 Å². The predicted molar refractivity (Wildman–Crippen MR) is 130 cm³/mol.